The number of para-hydroxylation sites is 1. The Balaban J connectivity index is 1.26. The van der Waals surface area contributed by atoms with Crippen molar-refractivity contribution in [1.29, 1.82) is 0 Å². The fraction of sp³-hybridized carbons (Fsp3) is 0.410. The molecule has 3 atom stereocenters. The smallest absolute Gasteiger partial charge is 0.352 e. The van der Waals surface area contributed by atoms with Gasteiger partial charge in [0.25, 0.3) is 11.8 Å². The summed E-state index contributed by atoms with van der Waals surface area (Å²) in [5, 5.41) is 12.5. The van der Waals surface area contributed by atoms with E-state index in [4.69, 9.17) is 10.6 Å². The number of amides is 9. The molecule has 9 amide bonds. The number of urea groups is 1. The van der Waals surface area contributed by atoms with Crippen LogP contribution in [0.3, 0.4) is 0 Å². The van der Waals surface area contributed by atoms with Crippen LogP contribution in [0.1, 0.15) is 75.5 Å². The lowest BCUT2D eigenvalue weighted by molar-refractivity contribution is -0.199. The van der Waals surface area contributed by atoms with Gasteiger partial charge in [-0.3, -0.25) is 33.6 Å². The maximum absolute atomic E-state index is 13.4. The third-order valence-electron chi connectivity index (χ3n) is 9.20. The quantitative estimate of drug-likeness (QED) is 0.0671. The summed E-state index contributed by atoms with van der Waals surface area (Å²) in [4.78, 5) is 120. The summed E-state index contributed by atoms with van der Waals surface area (Å²) in [5.41, 5.74) is 8.04. The lowest BCUT2D eigenvalue weighted by atomic mass is 9.97. The molecule has 2 heterocycles. The monoisotopic (exact) mass is 786 g/mol. The summed E-state index contributed by atoms with van der Waals surface area (Å²) in [5.74, 6) is 0.144. The number of rotatable bonds is 18. The largest absolute Gasteiger partial charge is 0.355 e. The number of nitrogens with zero attached hydrogens (tertiary/aromatic N) is 2. The molecule has 1 fully saturated rings. The Labute approximate surface area is 328 Å². The van der Waals surface area contributed by atoms with Gasteiger partial charge in [0.15, 0.2) is 0 Å². The van der Waals surface area contributed by atoms with E-state index < -0.39 is 78.5 Å². The first-order valence-corrected chi connectivity index (χ1v) is 18.5. The molecule has 0 aliphatic carbocycles. The molecule has 2 aliphatic rings. The second-order valence-corrected chi connectivity index (χ2v) is 13.4. The van der Waals surface area contributed by atoms with Gasteiger partial charge >= 0.3 is 12.0 Å². The number of hydrogen-bond donors (Lipinski definition) is 6. The van der Waals surface area contributed by atoms with Gasteiger partial charge in [0.2, 0.25) is 29.5 Å². The number of primary amides is 1. The predicted octanol–water partition coefficient (Wildman–Crippen LogP) is 0.0170. The number of imide groups is 1. The fourth-order valence-corrected chi connectivity index (χ4v) is 5.84. The molecule has 302 valence electrons. The van der Waals surface area contributed by atoms with Crippen molar-refractivity contribution in [2.45, 2.75) is 77.4 Å². The first kappa shape index (κ1) is 43.0. The highest BCUT2D eigenvalue weighted by molar-refractivity contribution is 6.02. The third kappa shape index (κ3) is 12.6. The molecule has 0 radical (unpaired) electrons. The standard InChI is InChI=1S/C39H46N8O10/c1-3-24(2)36(37(54)44-28(12-8-20-41-39(40)56)38(55)57-47-34(52)18-19-35(47)53)45-32(50)22-43-31(49)21-42-30(48)16-17-33(51)46-23-27-11-5-4-9-25(27)14-15-26-10-6-7-13-29(26)46/h4-7,9-11,13,24,28,36H,3,8,12,16-23H2,1-2H3,(H,42,48)(H,43,49)(H,44,54)(H,45,50)(H3,40,41,56)/t24-,28-,36-/m0/s1. The Hall–Kier alpha value is -6.77. The normalized spacial score (nSPS) is 14.5. The number of nitrogens with two attached hydrogens (primary N) is 1. The molecular formula is C39H46N8O10. The summed E-state index contributed by atoms with van der Waals surface area (Å²) in [6, 6.07) is 11.4. The second-order valence-electron chi connectivity index (χ2n) is 13.4. The van der Waals surface area contributed by atoms with Crippen molar-refractivity contribution in [1.82, 2.24) is 31.6 Å². The van der Waals surface area contributed by atoms with Crippen LogP contribution in [0.5, 0.6) is 0 Å². The van der Waals surface area contributed by atoms with E-state index in [-0.39, 0.29) is 57.5 Å². The zero-order chi connectivity index (χ0) is 41.5. The molecule has 4 rings (SSSR count). The van der Waals surface area contributed by atoms with Crippen LogP contribution in [0.15, 0.2) is 48.5 Å². The van der Waals surface area contributed by atoms with Crippen molar-refractivity contribution < 1.29 is 48.0 Å². The molecule has 0 aromatic heterocycles. The molecular weight excluding hydrogens is 740 g/mol. The fourth-order valence-electron chi connectivity index (χ4n) is 5.84. The third-order valence-corrected chi connectivity index (χ3v) is 9.20. The van der Waals surface area contributed by atoms with Gasteiger partial charge in [-0.05, 0) is 42.5 Å². The summed E-state index contributed by atoms with van der Waals surface area (Å²) in [6.07, 6.45) is -0.158. The topological polar surface area (TPSA) is 256 Å². The summed E-state index contributed by atoms with van der Waals surface area (Å²) in [6.45, 7) is 2.70. The van der Waals surface area contributed by atoms with Gasteiger partial charge in [-0.25, -0.2) is 9.59 Å². The zero-order valence-electron chi connectivity index (χ0n) is 31.7. The minimum atomic E-state index is -1.38. The van der Waals surface area contributed by atoms with Crippen LogP contribution in [0.25, 0.3) is 0 Å². The summed E-state index contributed by atoms with van der Waals surface area (Å²) in [7, 11) is 0. The molecule has 18 nitrogen and oxygen atoms in total. The van der Waals surface area contributed by atoms with E-state index in [0.29, 0.717) is 22.7 Å². The number of hydrogen-bond acceptors (Lipinski definition) is 10. The molecule has 0 unspecified atom stereocenters. The van der Waals surface area contributed by atoms with Crippen LogP contribution in [0, 0.1) is 17.8 Å². The number of carbonyl (C=O) groups is 9. The van der Waals surface area contributed by atoms with Crippen molar-refractivity contribution in [3.05, 3.63) is 65.2 Å². The van der Waals surface area contributed by atoms with Gasteiger partial charge in [0, 0.05) is 43.4 Å². The molecule has 2 aromatic rings. The van der Waals surface area contributed by atoms with Crippen LogP contribution < -0.4 is 37.2 Å². The van der Waals surface area contributed by atoms with E-state index in [1.54, 1.807) is 30.9 Å². The SMILES string of the molecule is CC[C@H](C)[C@H](NC(=O)CNC(=O)CNC(=O)CCC(=O)N1Cc2ccccc2C#Cc2ccccc21)C(=O)N[C@@H](CCCNC(N)=O)C(=O)ON1C(=O)CCC1=O. The molecule has 7 N–H and O–H groups in total. The Morgan fingerprint density at radius 3 is 2.14 bits per heavy atom. The molecule has 57 heavy (non-hydrogen) atoms. The molecule has 2 aliphatic heterocycles. The first-order valence-electron chi connectivity index (χ1n) is 18.5. The number of carbonyl (C=O) groups excluding carboxylic acids is 9. The van der Waals surface area contributed by atoms with E-state index >= 15 is 0 Å². The summed E-state index contributed by atoms with van der Waals surface area (Å²) < 4.78 is 0. The Morgan fingerprint density at radius 1 is 0.807 bits per heavy atom. The highest BCUT2D eigenvalue weighted by atomic mass is 16.7. The van der Waals surface area contributed by atoms with Crippen LogP contribution >= 0.6 is 0 Å². The van der Waals surface area contributed by atoms with Crippen LogP contribution in [0.2, 0.25) is 0 Å². The number of anilines is 1. The van der Waals surface area contributed by atoms with E-state index in [9.17, 15) is 43.2 Å². The average molecular weight is 787 g/mol. The number of benzene rings is 2. The number of hydroxylamine groups is 2. The van der Waals surface area contributed by atoms with Gasteiger partial charge in [-0.1, -0.05) is 62.4 Å². The minimum absolute atomic E-state index is 0.0411. The molecule has 0 saturated carbocycles. The number of nitrogens with one attached hydrogen (secondary N) is 5. The lowest BCUT2D eigenvalue weighted by Gasteiger charge is -2.26. The van der Waals surface area contributed by atoms with Crippen molar-refractivity contribution >= 4 is 59.0 Å². The first-order chi connectivity index (χ1) is 27.3. The maximum Gasteiger partial charge on any atom is 0.355 e. The Kier molecular flexibility index (Phi) is 15.7. The van der Waals surface area contributed by atoms with Gasteiger partial charge in [-0.2, -0.15) is 0 Å². The summed E-state index contributed by atoms with van der Waals surface area (Å²) >= 11 is 0. The minimum Gasteiger partial charge on any atom is -0.352 e. The second kappa shape index (κ2) is 20.8. The van der Waals surface area contributed by atoms with Crippen molar-refractivity contribution in [2.75, 3.05) is 24.5 Å². The van der Waals surface area contributed by atoms with E-state index in [0.717, 1.165) is 11.1 Å². The van der Waals surface area contributed by atoms with E-state index in [1.807, 2.05) is 36.4 Å². The van der Waals surface area contributed by atoms with Gasteiger partial charge < -0.3 is 42.1 Å². The zero-order valence-corrected chi connectivity index (χ0v) is 31.7. The van der Waals surface area contributed by atoms with Crippen molar-refractivity contribution in [3.8, 4) is 11.8 Å². The molecule has 0 bridgehead atoms. The highest BCUT2D eigenvalue weighted by Gasteiger charge is 2.36. The highest BCUT2D eigenvalue weighted by Crippen LogP contribution is 2.26. The Bertz CT molecular complexity index is 1940. The van der Waals surface area contributed by atoms with E-state index in [1.165, 1.54) is 0 Å². The molecule has 2 aromatic carbocycles. The lowest BCUT2D eigenvalue weighted by Crippen LogP contribution is -2.56. The molecule has 1 saturated heterocycles. The van der Waals surface area contributed by atoms with Crippen LogP contribution in [0.4, 0.5) is 10.5 Å². The molecule has 0 spiro atoms. The van der Waals surface area contributed by atoms with Crippen molar-refractivity contribution in [2.24, 2.45) is 11.7 Å². The van der Waals surface area contributed by atoms with Gasteiger partial charge in [-0.15, -0.1) is 5.06 Å². The van der Waals surface area contributed by atoms with E-state index in [2.05, 4.69) is 38.4 Å². The van der Waals surface area contributed by atoms with Gasteiger partial charge in [0.1, 0.15) is 12.1 Å². The van der Waals surface area contributed by atoms with Gasteiger partial charge in [0.05, 0.1) is 25.3 Å². The Morgan fingerprint density at radius 2 is 1.44 bits per heavy atom. The maximum atomic E-state index is 13.4. The predicted molar refractivity (Wildman–Crippen MR) is 203 cm³/mol. The van der Waals surface area contributed by atoms with Crippen molar-refractivity contribution in [3.63, 3.8) is 0 Å². The van der Waals surface area contributed by atoms with Crippen LogP contribution in [-0.2, 0) is 49.7 Å². The average Bonchev–Trinajstić information content (AvgIpc) is 3.50. The van der Waals surface area contributed by atoms with Crippen LogP contribution in [-0.4, -0.2) is 90.1 Å². The molecule has 18 heteroatoms. The number of fused-ring (bicyclic) bond motifs is 2.